The molecule has 0 unspecified atom stereocenters. The maximum atomic E-state index is 12.2. The molecular weight excluding hydrogens is 348 g/mol. The second-order valence-electron chi connectivity index (χ2n) is 6.60. The van der Waals surface area contributed by atoms with Crippen LogP contribution in [0.5, 0.6) is 0 Å². The van der Waals surface area contributed by atoms with Gasteiger partial charge in [-0.1, -0.05) is 6.07 Å². The average molecular weight is 377 g/mol. The van der Waals surface area contributed by atoms with E-state index >= 15 is 0 Å². The monoisotopic (exact) mass is 376 g/mol. The summed E-state index contributed by atoms with van der Waals surface area (Å²) in [6.45, 7) is 8.19. The lowest BCUT2D eigenvalue weighted by atomic mass is 9.92. The summed E-state index contributed by atoms with van der Waals surface area (Å²) in [5, 5.41) is 11.5. The molecule has 0 aliphatic heterocycles. The Bertz CT molecular complexity index is 678. The lowest BCUT2D eigenvalue weighted by molar-refractivity contribution is -0.128. The lowest BCUT2D eigenvalue weighted by Gasteiger charge is -2.25. The third-order valence-corrected chi connectivity index (χ3v) is 4.73. The van der Waals surface area contributed by atoms with Crippen molar-refractivity contribution >= 4 is 23.2 Å². The normalized spacial score (nSPS) is 12.0. The van der Waals surface area contributed by atoms with Crippen LogP contribution in [0.2, 0.25) is 0 Å². The Morgan fingerprint density at radius 1 is 1.23 bits per heavy atom. The van der Waals surface area contributed by atoms with Crippen LogP contribution in [0.1, 0.15) is 31.4 Å². The number of amides is 1. The van der Waals surface area contributed by atoms with Gasteiger partial charge in [0, 0.05) is 30.9 Å². The number of hydrogen-bond donors (Lipinski definition) is 3. The van der Waals surface area contributed by atoms with Gasteiger partial charge in [-0.3, -0.25) is 4.79 Å². The largest absolute Gasteiger partial charge is 0.469 e. The molecule has 3 N–H and O–H groups in total. The third-order valence-electron chi connectivity index (χ3n) is 3.87. The van der Waals surface area contributed by atoms with Crippen molar-refractivity contribution in [2.24, 2.45) is 10.4 Å². The van der Waals surface area contributed by atoms with Gasteiger partial charge in [0.25, 0.3) is 0 Å². The van der Waals surface area contributed by atoms with Crippen molar-refractivity contribution < 1.29 is 9.21 Å². The summed E-state index contributed by atoms with van der Waals surface area (Å²) in [7, 11) is 0. The minimum absolute atomic E-state index is 0.0284. The first kappa shape index (κ1) is 20.0. The van der Waals surface area contributed by atoms with Gasteiger partial charge in [-0.05, 0) is 44.4 Å². The van der Waals surface area contributed by atoms with Crippen LogP contribution >= 0.6 is 11.3 Å². The number of nitrogens with one attached hydrogen (secondary N) is 3. The number of aliphatic imine (C=N–C) groups is 1. The van der Waals surface area contributed by atoms with Gasteiger partial charge in [-0.15, -0.1) is 11.3 Å². The molecule has 0 aromatic carbocycles. The van der Waals surface area contributed by atoms with Crippen molar-refractivity contribution in [2.75, 3.05) is 19.6 Å². The third kappa shape index (κ3) is 6.55. The fraction of sp³-hybridized carbons (Fsp3) is 0.474. The molecule has 0 saturated carbocycles. The summed E-state index contributed by atoms with van der Waals surface area (Å²) in [6, 6.07) is 7.92. The van der Waals surface area contributed by atoms with E-state index in [1.165, 1.54) is 4.88 Å². The average Bonchev–Trinajstić information content (AvgIpc) is 3.30. The zero-order valence-electron chi connectivity index (χ0n) is 15.7. The molecule has 2 heterocycles. The Labute approximate surface area is 159 Å². The van der Waals surface area contributed by atoms with Crippen LogP contribution in [0.15, 0.2) is 45.3 Å². The molecule has 7 heteroatoms. The second-order valence-corrected chi connectivity index (χ2v) is 7.63. The molecule has 0 aliphatic carbocycles. The quantitative estimate of drug-likeness (QED) is 0.464. The molecule has 0 saturated heterocycles. The van der Waals surface area contributed by atoms with Crippen LogP contribution in [-0.2, 0) is 17.8 Å². The molecule has 6 nitrogen and oxygen atoms in total. The molecule has 0 bridgehead atoms. The highest BCUT2D eigenvalue weighted by molar-refractivity contribution is 7.09. The molecule has 142 valence electrons. The van der Waals surface area contributed by atoms with Crippen LogP contribution in [0, 0.1) is 5.41 Å². The first-order valence-corrected chi connectivity index (χ1v) is 9.74. The van der Waals surface area contributed by atoms with Crippen molar-refractivity contribution in [3.8, 4) is 0 Å². The van der Waals surface area contributed by atoms with E-state index in [1.54, 1.807) is 17.6 Å². The van der Waals surface area contributed by atoms with Crippen LogP contribution < -0.4 is 16.0 Å². The molecule has 0 radical (unpaired) electrons. The highest BCUT2D eigenvalue weighted by atomic mass is 32.1. The van der Waals surface area contributed by atoms with Gasteiger partial charge < -0.3 is 20.4 Å². The number of thiophene rings is 1. The molecule has 0 aliphatic rings. The van der Waals surface area contributed by atoms with Crippen LogP contribution in [-0.4, -0.2) is 31.5 Å². The van der Waals surface area contributed by atoms with Gasteiger partial charge in [-0.25, -0.2) is 4.99 Å². The Hall–Kier alpha value is -2.28. The van der Waals surface area contributed by atoms with Gasteiger partial charge in [-0.2, -0.15) is 0 Å². The first-order valence-electron chi connectivity index (χ1n) is 8.86. The van der Waals surface area contributed by atoms with E-state index in [9.17, 15) is 4.79 Å². The molecule has 1 amide bonds. The topological polar surface area (TPSA) is 78.7 Å². The molecule has 2 aromatic heterocycles. The van der Waals surface area contributed by atoms with Gasteiger partial charge >= 0.3 is 0 Å². The van der Waals surface area contributed by atoms with E-state index in [1.807, 2.05) is 44.4 Å². The molecule has 0 fully saturated rings. The minimum Gasteiger partial charge on any atom is -0.469 e. The van der Waals surface area contributed by atoms with Gasteiger partial charge in [0.15, 0.2) is 5.96 Å². The number of carbonyl (C=O) groups excluding carboxylic acids is 1. The summed E-state index contributed by atoms with van der Waals surface area (Å²) >= 11 is 1.68. The van der Waals surface area contributed by atoms with E-state index < -0.39 is 5.41 Å². The Morgan fingerprint density at radius 3 is 2.73 bits per heavy atom. The van der Waals surface area contributed by atoms with E-state index in [2.05, 4.69) is 27.0 Å². The van der Waals surface area contributed by atoms with Crippen molar-refractivity contribution in [3.63, 3.8) is 0 Å². The lowest BCUT2D eigenvalue weighted by Crippen LogP contribution is -2.48. The maximum absolute atomic E-state index is 12.2. The van der Waals surface area contributed by atoms with Crippen LogP contribution in [0.3, 0.4) is 0 Å². The first-order chi connectivity index (χ1) is 12.5. The van der Waals surface area contributed by atoms with Crippen molar-refractivity contribution in [2.45, 2.75) is 33.7 Å². The highest BCUT2D eigenvalue weighted by Gasteiger charge is 2.27. The van der Waals surface area contributed by atoms with Crippen molar-refractivity contribution in [1.82, 2.24) is 16.0 Å². The summed E-state index contributed by atoms with van der Waals surface area (Å²) in [4.78, 5) is 18.0. The van der Waals surface area contributed by atoms with Gasteiger partial charge in [0.05, 0.1) is 18.2 Å². The summed E-state index contributed by atoms with van der Waals surface area (Å²) in [5.41, 5.74) is -0.525. The second kappa shape index (κ2) is 10.0. The number of carbonyl (C=O) groups is 1. The summed E-state index contributed by atoms with van der Waals surface area (Å²) in [6.07, 6.45) is 2.45. The van der Waals surface area contributed by atoms with Gasteiger partial charge in [0.2, 0.25) is 5.91 Å². The molecule has 0 spiro atoms. The summed E-state index contributed by atoms with van der Waals surface area (Å²) in [5.74, 6) is 1.65. The smallest absolute Gasteiger partial charge is 0.227 e. The van der Waals surface area contributed by atoms with Crippen LogP contribution in [0.4, 0.5) is 0 Å². The molecular formula is C19H28N4O2S. The van der Waals surface area contributed by atoms with Crippen molar-refractivity contribution in [1.29, 1.82) is 0 Å². The maximum Gasteiger partial charge on any atom is 0.227 e. The predicted octanol–water partition coefficient (Wildman–Crippen LogP) is 2.78. The fourth-order valence-electron chi connectivity index (χ4n) is 2.28. The standard InChI is InChI=1S/C19H28N4O2S/c1-4-20-17(24)19(2,3)14-23-18(22-13-16-8-6-12-26-16)21-10-9-15-7-5-11-25-15/h5-8,11-12H,4,9-10,13-14H2,1-3H3,(H,20,24)(H2,21,22,23). The predicted molar refractivity (Wildman–Crippen MR) is 106 cm³/mol. The Kier molecular flexibility index (Phi) is 7.72. The fourth-order valence-corrected chi connectivity index (χ4v) is 2.91. The Morgan fingerprint density at radius 2 is 2.08 bits per heavy atom. The zero-order chi connectivity index (χ0) is 18.8. The number of guanidine groups is 1. The number of nitrogens with zero attached hydrogens (tertiary/aromatic N) is 1. The molecule has 26 heavy (non-hydrogen) atoms. The SMILES string of the molecule is CCNC(=O)C(C)(C)CNC(=NCc1cccs1)NCCc1ccco1. The number of furan rings is 1. The molecule has 0 atom stereocenters. The molecule has 2 rings (SSSR count). The minimum atomic E-state index is -0.525. The highest BCUT2D eigenvalue weighted by Crippen LogP contribution is 2.13. The van der Waals surface area contributed by atoms with E-state index in [-0.39, 0.29) is 5.91 Å². The zero-order valence-corrected chi connectivity index (χ0v) is 16.5. The van der Waals surface area contributed by atoms with E-state index in [0.29, 0.717) is 32.1 Å². The number of hydrogen-bond acceptors (Lipinski definition) is 4. The summed E-state index contributed by atoms with van der Waals surface area (Å²) < 4.78 is 5.36. The van der Waals surface area contributed by atoms with E-state index in [0.717, 1.165) is 12.2 Å². The van der Waals surface area contributed by atoms with Crippen molar-refractivity contribution in [3.05, 3.63) is 46.5 Å². The number of rotatable bonds is 9. The molecule has 2 aromatic rings. The van der Waals surface area contributed by atoms with E-state index in [4.69, 9.17) is 4.42 Å². The van der Waals surface area contributed by atoms with Crippen LogP contribution in [0.25, 0.3) is 0 Å². The Balaban J connectivity index is 1.92. The van der Waals surface area contributed by atoms with Gasteiger partial charge in [0.1, 0.15) is 5.76 Å².